The summed E-state index contributed by atoms with van der Waals surface area (Å²) in [7, 11) is 0. The molecule has 4 heteroatoms. The molecule has 0 unspecified atom stereocenters. The molecule has 0 aliphatic heterocycles. The SMILES string of the molecule is O=C(NCc1ccc[nH]1)c1ccccc1I. The molecule has 2 aromatic rings. The summed E-state index contributed by atoms with van der Waals surface area (Å²) in [5, 5.41) is 2.87. The number of nitrogens with one attached hydrogen (secondary N) is 2. The van der Waals surface area contributed by atoms with E-state index in [2.05, 4.69) is 32.9 Å². The van der Waals surface area contributed by atoms with E-state index >= 15 is 0 Å². The van der Waals surface area contributed by atoms with Crippen LogP contribution in [0.1, 0.15) is 16.1 Å². The maximum absolute atomic E-state index is 11.8. The second-order valence-electron chi connectivity index (χ2n) is 3.36. The van der Waals surface area contributed by atoms with E-state index < -0.39 is 0 Å². The molecule has 1 aromatic heterocycles. The van der Waals surface area contributed by atoms with Crippen molar-refractivity contribution in [2.75, 3.05) is 0 Å². The Hall–Kier alpha value is -1.30. The molecule has 3 nitrogen and oxygen atoms in total. The predicted octanol–water partition coefficient (Wildman–Crippen LogP) is 2.55. The minimum absolute atomic E-state index is 0.0420. The molecule has 1 amide bonds. The highest BCUT2D eigenvalue weighted by Gasteiger charge is 2.08. The lowest BCUT2D eigenvalue weighted by atomic mass is 10.2. The number of carbonyl (C=O) groups is 1. The van der Waals surface area contributed by atoms with Crippen molar-refractivity contribution in [2.24, 2.45) is 0 Å². The van der Waals surface area contributed by atoms with Gasteiger partial charge >= 0.3 is 0 Å². The van der Waals surface area contributed by atoms with Gasteiger partial charge in [-0.3, -0.25) is 4.79 Å². The second-order valence-corrected chi connectivity index (χ2v) is 4.52. The molecule has 1 heterocycles. The Morgan fingerprint density at radius 1 is 1.25 bits per heavy atom. The highest BCUT2D eigenvalue weighted by molar-refractivity contribution is 14.1. The first-order chi connectivity index (χ1) is 7.77. The molecule has 2 rings (SSSR count). The van der Waals surface area contributed by atoms with Gasteiger partial charge in [-0.25, -0.2) is 0 Å². The van der Waals surface area contributed by atoms with E-state index in [1.807, 2.05) is 42.6 Å². The monoisotopic (exact) mass is 326 g/mol. The van der Waals surface area contributed by atoms with E-state index in [1.54, 1.807) is 0 Å². The summed E-state index contributed by atoms with van der Waals surface area (Å²) in [5.74, 6) is -0.0420. The highest BCUT2D eigenvalue weighted by atomic mass is 127. The quantitative estimate of drug-likeness (QED) is 0.837. The van der Waals surface area contributed by atoms with Crippen molar-refractivity contribution in [3.8, 4) is 0 Å². The maximum Gasteiger partial charge on any atom is 0.252 e. The van der Waals surface area contributed by atoms with Crippen LogP contribution >= 0.6 is 22.6 Å². The van der Waals surface area contributed by atoms with Crippen molar-refractivity contribution in [3.63, 3.8) is 0 Å². The minimum atomic E-state index is -0.0420. The summed E-state index contributed by atoms with van der Waals surface area (Å²) in [6, 6.07) is 11.4. The van der Waals surface area contributed by atoms with Crippen molar-refractivity contribution < 1.29 is 4.79 Å². The first kappa shape index (κ1) is 11.2. The third-order valence-corrected chi connectivity index (χ3v) is 3.16. The van der Waals surface area contributed by atoms with Gasteiger partial charge in [0.05, 0.1) is 12.1 Å². The number of halogens is 1. The number of aromatic amines is 1. The van der Waals surface area contributed by atoms with Crippen molar-refractivity contribution >= 4 is 28.5 Å². The van der Waals surface area contributed by atoms with E-state index in [4.69, 9.17) is 0 Å². The summed E-state index contributed by atoms with van der Waals surface area (Å²) < 4.78 is 0.962. The fourth-order valence-electron chi connectivity index (χ4n) is 1.39. The smallest absolute Gasteiger partial charge is 0.252 e. The van der Waals surface area contributed by atoms with Gasteiger partial charge < -0.3 is 10.3 Å². The van der Waals surface area contributed by atoms with Crippen LogP contribution in [0.25, 0.3) is 0 Å². The van der Waals surface area contributed by atoms with E-state index in [1.165, 1.54) is 0 Å². The van der Waals surface area contributed by atoms with Crippen LogP contribution in [0.2, 0.25) is 0 Å². The van der Waals surface area contributed by atoms with Crippen LogP contribution in [-0.4, -0.2) is 10.9 Å². The predicted molar refractivity (Wildman–Crippen MR) is 71.1 cm³/mol. The summed E-state index contributed by atoms with van der Waals surface area (Å²) >= 11 is 2.16. The third-order valence-electron chi connectivity index (χ3n) is 2.22. The zero-order valence-electron chi connectivity index (χ0n) is 8.53. The van der Waals surface area contributed by atoms with Gasteiger partial charge in [-0.2, -0.15) is 0 Å². The van der Waals surface area contributed by atoms with Crippen LogP contribution in [0, 0.1) is 3.57 Å². The van der Waals surface area contributed by atoms with Gasteiger partial charge in [-0.1, -0.05) is 12.1 Å². The number of hydrogen-bond donors (Lipinski definition) is 2. The standard InChI is InChI=1S/C12H11IN2O/c13-11-6-2-1-5-10(11)12(16)15-8-9-4-3-7-14-9/h1-7,14H,8H2,(H,15,16). The first-order valence-electron chi connectivity index (χ1n) is 4.92. The topological polar surface area (TPSA) is 44.9 Å². The molecule has 0 saturated carbocycles. The molecule has 16 heavy (non-hydrogen) atoms. The van der Waals surface area contributed by atoms with Crippen LogP contribution in [0.15, 0.2) is 42.6 Å². The van der Waals surface area contributed by atoms with E-state index in [9.17, 15) is 4.79 Å². The molecule has 1 aromatic carbocycles. The number of amides is 1. The van der Waals surface area contributed by atoms with E-state index in [0.29, 0.717) is 6.54 Å². The average molecular weight is 326 g/mol. The van der Waals surface area contributed by atoms with Crippen LogP contribution in [0.3, 0.4) is 0 Å². The molecule has 2 N–H and O–H groups in total. The molecule has 0 bridgehead atoms. The number of carbonyl (C=O) groups excluding carboxylic acids is 1. The van der Waals surface area contributed by atoms with Crippen molar-refractivity contribution in [1.82, 2.24) is 10.3 Å². The van der Waals surface area contributed by atoms with Crippen molar-refractivity contribution in [2.45, 2.75) is 6.54 Å². The Kier molecular flexibility index (Phi) is 3.61. The van der Waals surface area contributed by atoms with Crippen LogP contribution in [0.4, 0.5) is 0 Å². The van der Waals surface area contributed by atoms with E-state index in [-0.39, 0.29) is 5.91 Å². The Morgan fingerprint density at radius 2 is 2.06 bits per heavy atom. The Morgan fingerprint density at radius 3 is 2.75 bits per heavy atom. The number of benzene rings is 1. The van der Waals surface area contributed by atoms with Gasteiger partial charge in [0, 0.05) is 15.5 Å². The summed E-state index contributed by atoms with van der Waals surface area (Å²) in [6.45, 7) is 0.525. The molecular formula is C12H11IN2O. The highest BCUT2D eigenvalue weighted by Crippen LogP contribution is 2.11. The fourth-order valence-corrected chi connectivity index (χ4v) is 2.03. The van der Waals surface area contributed by atoms with Crippen LogP contribution in [-0.2, 0) is 6.54 Å². The minimum Gasteiger partial charge on any atom is -0.364 e. The molecule has 0 fully saturated rings. The zero-order chi connectivity index (χ0) is 11.4. The van der Waals surface area contributed by atoms with Gasteiger partial charge in [-0.05, 0) is 46.9 Å². The number of hydrogen-bond acceptors (Lipinski definition) is 1. The Bertz CT molecular complexity index is 480. The Labute approximate surface area is 107 Å². The normalized spacial score (nSPS) is 10.1. The molecule has 0 atom stereocenters. The fraction of sp³-hybridized carbons (Fsp3) is 0.0833. The lowest BCUT2D eigenvalue weighted by Crippen LogP contribution is -2.23. The average Bonchev–Trinajstić information content (AvgIpc) is 2.79. The third kappa shape index (κ3) is 2.63. The number of aromatic nitrogens is 1. The zero-order valence-corrected chi connectivity index (χ0v) is 10.7. The molecular weight excluding hydrogens is 315 g/mol. The molecule has 0 radical (unpaired) electrons. The van der Waals surface area contributed by atoms with Crippen molar-refractivity contribution in [3.05, 3.63) is 57.4 Å². The van der Waals surface area contributed by atoms with Gasteiger partial charge in [0.2, 0.25) is 0 Å². The van der Waals surface area contributed by atoms with Gasteiger partial charge in [0.25, 0.3) is 5.91 Å². The molecule has 0 aliphatic rings. The number of rotatable bonds is 3. The van der Waals surface area contributed by atoms with Gasteiger partial charge in [0.15, 0.2) is 0 Å². The first-order valence-corrected chi connectivity index (χ1v) is 6.00. The maximum atomic E-state index is 11.8. The number of H-pyrrole nitrogens is 1. The second kappa shape index (κ2) is 5.16. The van der Waals surface area contributed by atoms with E-state index in [0.717, 1.165) is 14.8 Å². The van der Waals surface area contributed by atoms with Crippen molar-refractivity contribution in [1.29, 1.82) is 0 Å². The van der Waals surface area contributed by atoms with Crippen LogP contribution < -0.4 is 5.32 Å². The van der Waals surface area contributed by atoms with Gasteiger partial charge in [-0.15, -0.1) is 0 Å². The molecule has 0 aliphatic carbocycles. The molecule has 0 saturated heterocycles. The van der Waals surface area contributed by atoms with Crippen LogP contribution in [0.5, 0.6) is 0 Å². The van der Waals surface area contributed by atoms with Gasteiger partial charge in [0.1, 0.15) is 0 Å². The largest absolute Gasteiger partial charge is 0.364 e. The lowest BCUT2D eigenvalue weighted by Gasteiger charge is -2.05. The summed E-state index contributed by atoms with van der Waals surface area (Å²) in [6.07, 6.45) is 1.84. The molecule has 82 valence electrons. The lowest BCUT2D eigenvalue weighted by molar-refractivity contribution is 0.0949. The summed E-state index contributed by atoms with van der Waals surface area (Å²) in [4.78, 5) is 14.9. The molecule has 0 spiro atoms. The summed E-state index contributed by atoms with van der Waals surface area (Å²) in [5.41, 5.74) is 1.72. The Balaban J connectivity index is 2.01.